The number of aromatic nitrogens is 1. The molecule has 1 atom stereocenters. The van der Waals surface area contributed by atoms with Crippen molar-refractivity contribution in [2.75, 3.05) is 0 Å². The van der Waals surface area contributed by atoms with Crippen molar-refractivity contribution in [3.8, 4) is 10.6 Å². The second-order valence-corrected chi connectivity index (χ2v) is 8.07. The molecule has 0 bridgehead atoms. The summed E-state index contributed by atoms with van der Waals surface area (Å²) in [5.41, 5.74) is 1.02. The Morgan fingerprint density at radius 2 is 1.96 bits per heavy atom. The molecule has 24 heavy (non-hydrogen) atoms. The Morgan fingerprint density at radius 1 is 1.29 bits per heavy atom. The van der Waals surface area contributed by atoms with Crippen molar-refractivity contribution in [2.45, 2.75) is 33.6 Å². The fourth-order valence-electron chi connectivity index (χ4n) is 2.41. The lowest BCUT2D eigenvalue weighted by Crippen LogP contribution is -2.31. The quantitative estimate of drug-likeness (QED) is 0.804. The summed E-state index contributed by atoms with van der Waals surface area (Å²) in [6.45, 7) is 5.49. The highest BCUT2D eigenvalue weighted by Crippen LogP contribution is 2.31. The van der Waals surface area contributed by atoms with Gasteiger partial charge in [-0.05, 0) is 11.5 Å². The maximum Gasteiger partial charge on any atom is 0.307 e. The number of hydrogen-bond donors (Lipinski definition) is 1. The topological polar surface area (TPSA) is 67.3 Å². The van der Waals surface area contributed by atoms with E-state index in [0.717, 1.165) is 10.6 Å². The number of carboxylic acid groups (broad SMARTS) is 1. The van der Waals surface area contributed by atoms with Crippen LogP contribution in [0.2, 0.25) is 5.02 Å². The molecule has 0 aliphatic heterocycles. The standard InChI is InChI=1S/C18H20ClNO3S/c1-18(2,3)14(17(22)23)9-12(21)8-11-10-24-16(20-11)13-6-4-5-7-15(13)19/h4-7,10,14H,8-9H2,1-3H3,(H,22,23). The van der Waals surface area contributed by atoms with E-state index in [2.05, 4.69) is 4.98 Å². The van der Waals surface area contributed by atoms with E-state index < -0.39 is 17.3 Å². The van der Waals surface area contributed by atoms with Crippen LogP contribution in [-0.4, -0.2) is 21.8 Å². The van der Waals surface area contributed by atoms with Gasteiger partial charge >= 0.3 is 5.97 Å². The van der Waals surface area contributed by atoms with Gasteiger partial charge in [0.1, 0.15) is 10.8 Å². The third-order valence-electron chi connectivity index (χ3n) is 3.81. The first kappa shape index (κ1) is 18.6. The molecule has 6 heteroatoms. The molecule has 0 saturated carbocycles. The molecule has 0 spiro atoms. The normalized spacial score (nSPS) is 12.8. The predicted octanol–water partition coefficient (Wildman–Crippen LogP) is 4.71. The molecule has 1 heterocycles. The average molecular weight is 366 g/mol. The summed E-state index contributed by atoms with van der Waals surface area (Å²) >= 11 is 7.59. The van der Waals surface area contributed by atoms with Crippen LogP contribution in [0.1, 0.15) is 32.9 Å². The van der Waals surface area contributed by atoms with Gasteiger partial charge in [-0.25, -0.2) is 4.98 Å². The van der Waals surface area contributed by atoms with Crippen LogP contribution < -0.4 is 0 Å². The summed E-state index contributed by atoms with van der Waals surface area (Å²) in [4.78, 5) is 28.1. The number of rotatable bonds is 6. The van der Waals surface area contributed by atoms with Crippen molar-refractivity contribution in [1.82, 2.24) is 4.98 Å². The Labute approximate surface area is 150 Å². The molecule has 4 nitrogen and oxygen atoms in total. The molecule has 1 unspecified atom stereocenters. The molecular formula is C18H20ClNO3S. The SMILES string of the molecule is CC(C)(C)C(CC(=O)Cc1csc(-c2ccccc2Cl)n1)C(=O)O. The van der Waals surface area contributed by atoms with E-state index in [1.807, 2.05) is 44.4 Å². The van der Waals surface area contributed by atoms with Gasteiger partial charge in [0, 0.05) is 23.8 Å². The van der Waals surface area contributed by atoms with E-state index in [1.54, 1.807) is 6.07 Å². The second-order valence-electron chi connectivity index (χ2n) is 6.80. The van der Waals surface area contributed by atoms with Crippen LogP contribution in [0.4, 0.5) is 0 Å². The van der Waals surface area contributed by atoms with E-state index >= 15 is 0 Å². The first-order valence-corrected chi connectivity index (χ1v) is 8.88. The Balaban J connectivity index is 2.08. The molecule has 0 saturated heterocycles. The summed E-state index contributed by atoms with van der Waals surface area (Å²) < 4.78 is 0. The van der Waals surface area contributed by atoms with E-state index in [4.69, 9.17) is 11.6 Å². The molecular weight excluding hydrogens is 346 g/mol. The number of ketones is 1. The highest BCUT2D eigenvalue weighted by molar-refractivity contribution is 7.13. The fourth-order valence-corrected chi connectivity index (χ4v) is 3.55. The lowest BCUT2D eigenvalue weighted by Gasteiger charge is -2.26. The number of carbonyl (C=O) groups is 2. The Kier molecular flexibility index (Phi) is 5.78. The van der Waals surface area contributed by atoms with Gasteiger partial charge in [0.25, 0.3) is 0 Å². The van der Waals surface area contributed by atoms with Gasteiger partial charge in [-0.15, -0.1) is 11.3 Å². The first-order chi connectivity index (χ1) is 11.2. The van der Waals surface area contributed by atoms with Gasteiger partial charge in [-0.2, -0.15) is 0 Å². The molecule has 0 aliphatic carbocycles. The van der Waals surface area contributed by atoms with Crippen molar-refractivity contribution in [1.29, 1.82) is 0 Å². The minimum Gasteiger partial charge on any atom is -0.481 e. The van der Waals surface area contributed by atoms with Gasteiger partial charge < -0.3 is 5.11 Å². The van der Waals surface area contributed by atoms with Crippen molar-refractivity contribution in [3.63, 3.8) is 0 Å². The number of benzene rings is 1. The van der Waals surface area contributed by atoms with Crippen molar-refractivity contribution in [2.24, 2.45) is 11.3 Å². The molecule has 2 aromatic rings. The third-order valence-corrected chi connectivity index (χ3v) is 5.06. The van der Waals surface area contributed by atoms with E-state index in [1.165, 1.54) is 11.3 Å². The zero-order valence-corrected chi connectivity index (χ0v) is 15.4. The number of hydrogen-bond acceptors (Lipinski definition) is 4. The largest absolute Gasteiger partial charge is 0.481 e. The first-order valence-electron chi connectivity index (χ1n) is 7.62. The summed E-state index contributed by atoms with van der Waals surface area (Å²) in [7, 11) is 0. The van der Waals surface area contributed by atoms with Gasteiger partial charge in [0.2, 0.25) is 0 Å². The van der Waals surface area contributed by atoms with Crippen molar-refractivity contribution < 1.29 is 14.7 Å². The molecule has 2 rings (SSSR count). The number of Topliss-reactive ketones (excluding diaryl/α,β-unsaturated/α-hetero) is 1. The molecule has 0 aliphatic rings. The van der Waals surface area contributed by atoms with Crippen LogP contribution in [0, 0.1) is 11.3 Å². The molecule has 1 aromatic carbocycles. The lowest BCUT2D eigenvalue weighted by atomic mass is 9.77. The van der Waals surface area contributed by atoms with Crippen LogP contribution in [0.5, 0.6) is 0 Å². The number of aliphatic carboxylic acids is 1. The van der Waals surface area contributed by atoms with Gasteiger partial charge in [0.05, 0.1) is 16.6 Å². The zero-order valence-electron chi connectivity index (χ0n) is 13.9. The van der Waals surface area contributed by atoms with Crippen LogP contribution >= 0.6 is 22.9 Å². The lowest BCUT2D eigenvalue weighted by molar-refractivity contribution is -0.147. The summed E-state index contributed by atoms with van der Waals surface area (Å²) in [5, 5.41) is 12.5. The molecule has 1 aromatic heterocycles. The Morgan fingerprint density at radius 3 is 2.54 bits per heavy atom. The fraction of sp³-hybridized carbons (Fsp3) is 0.389. The number of nitrogens with zero attached hydrogens (tertiary/aromatic N) is 1. The molecule has 0 fully saturated rings. The van der Waals surface area contributed by atoms with Gasteiger partial charge in [-0.1, -0.05) is 50.6 Å². The minimum atomic E-state index is -0.939. The number of halogens is 1. The molecule has 0 radical (unpaired) electrons. The van der Waals surface area contributed by atoms with Crippen LogP contribution in [0.25, 0.3) is 10.6 Å². The minimum absolute atomic E-state index is 0.0117. The average Bonchev–Trinajstić information content (AvgIpc) is 2.92. The zero-order chi connectivity index (χ0) is 17.9. The van der Waals surface area contributed by atoms with E-state index in [-0.39, 0.29) is 18.6 Å². The maximum absolute atomic E-state index is 12.3. The molecule has 0 amide bonds. The molecule has 1 N–H and O–H groups in total. The number of carbonyl (C=O) groups excluding carboxylic acids is 1. The summed E-state index contributed by atoms with van der Waals surface area (Å²) in [5.74, 6) is -1.76. The maximum atomic E-state index is 12.3. The van der Waals surface area contributed by atoms with Gasteiger partial charge in [0.15, 0.2) is 0 Å². The smallest absolute Gasteiger partial charge is 0.307 e. The van der Waals surface area contributed by atoms with E-state index in [0.29, 0.717) is 10.7 Å². The van der Waals surface area contributed by atoms with Gasteiger partial charge in [-0.3, -0.25) is 9.59 Å². The summed E-state index contributed by atoms with van der Waals surface area (Å²) in [6.07, 6.45) is 0.151. The van der Waals surface area contributed by atoms with Crippen LogP contribution in [0.3, 0.4) is 0 Å². The summed E-state index contributed by atoms with van der Waals surface area (Å²) in [6, 6.07) is 7.41. The predicted molar refractivity (Wildman–Crippen MR) is 96.5 cm³/mol. The van der Waals surface area contributed by atoms with E-state index in [9.17, 15) is 14.7 Å². The molecule has 128 valence electrons. The second kappa shape index (κ2) is 7.45. The highest BCUT2D eigenvalue weighted by Gasteiger charge is 2.33. The van der Waals surface area contributed by atoms with Crippen molar-refractivity contribution >= 4 is 34.7 Å². The van der Waals surface area contributed by atoms with Crippen LogP contribution in [0.15, 0.2) is 29.6 Å². The number of carboxylic acids is 1. The Bertz CT molecular complexity index is 749. The number of thiazole rings is 1. The third kappa shape index (κ3) is 4.65. The Hall–Kier alpha value is -1.72. The monoisotopic (exact) mass is 365 g/mol. The highest BCUT2D eigenvalue weighted by atomic mass is 35.5. The van der Waals surface area contributed by atoms with Crippen LogP contribution in [-0.2, 0) is 16.0 Å². The van der Waals surface area contributed by atoms with Crippen molar-refractivity contribution in [3.05, 3.63) is 40.4 Å².